The second-order valence-electron chi connectivity index (χ2n) is 4.48. The van der Waals surface area contributed by atoms with Crippen LogP contribution in [-0.4, -0.2) is 46.3 Å². The molecule has 0 saturated carbocycles. The maximum absolute atomic E-state index is 10.2. The number of aliphatic hydroxyl groups excluding tert-OH is 2. The summed E-state index contributed by atoms with van der Waals surface area (Å²) in [5.41, 5.74) is -0.399. The average Bonchev–Trinajstić information content (AvgIpc) is 2.45. The average molecular weight is 303 g/mol. The summed E-state index contributed by atoms with van der Waals surface area (Å²) >= 11 is 1.46. The van der Waals surface area contributed by atoms with Gasteiger partial charge in [0.15, 0.2) is 0 Å². The molecule has 4 nitrogen and oxygen atoms in total. The number of aliphatic hydroxyl groups is 2. The van der Waals surface area contributed by atoms with Gasteiger partial charge in [-0.3, -0.25) is 0 Å². The van der Waals surface area contributed by atoms with E-state index in [0.29, 0.717) is 6.29 Å². The van der Waals surface area contributed by atoms with Crippen LogP contribution in [0.3, 0.4) is 0 Å². The summed E-state index contributed by atoms with van der Waals surface area (Å²) in [4.78, 5) is 1.01. The standard InChI is InChI=1S/C13H20NO3PS/c1-8-11(15)12(16)10(14-7-18)13(17-8)19-9-5-3-2-4-6-9/h2-6,8,10-16H,7,18H2,1H3/t8?,10?,11-,12+,13-/m0/s1/i/hT. The van der Waals surface area contributed by atoms with Crippen molar-refractivity contribution in [3.05, 3.63) is 30.3 Å². The van der Waals surface area contributed by atoms with Crippen LogP contribution in [0.5, 0.6) is 0 Å². The molecule has 1 saturated heterocycles. The summed E-state index contributed by atoms with van der Waals surface area (Å²) in [6, 6.07) is 9.14. The number of ether oxygens (including phenoxy) is 1. The molecule has 0 aliphatic carbocycles. The lowest BCUT2D eigenvalue weighted by Gasteiger charge is -2.41. The normalized spacial score (nSPS) is 36.3. The van der Waals surface area contributed by atoms with Crippen LogP contribution in [0.2, 0.25) is 1.41 Å². The van der Waals surface area contributed by atoms with Gasteiger partial charge in [-0.1, -0.05) is 30.0 Å². The molecule has 0 aromatic heterocycles. The molecule has 1 fully saturated rings. The van der Waals surface area contributed by atoms with Crippen molar-refractivity contribution in [1.29, 1.82) is 0 Å². The number of thioether (sulfide) groups is 1. The molecule has 3 unspecified atom stereocenters. The molecule has 2 rings (SSSR count). The Morgan fingerprint density at radius 2 is 2.05 bits per heavy atom. The van der Waals surface area contributed by atoms with E-state index < -0.39 is 29.8 Å². The van der Waals surface area contributed by atoms with Gasteiger partial charge in [0.2, 0.25) is 0 Å². The molecule has 106 valence electrons. The number of nitrogens with one attached hydrogen (secondary N) is 1. The van der Waals surface area contributed by atoms with Crippen molar-refractivity contribution in [3.63, 3.8) is 0 Å². The van der Waals surface area contributed by atoms with Gasteiger partial charge in [-0.15, -0.1) is 9.24 Å². The number of hydrogen-bond donors (Lipinski definition) is 3. The van der Waals surface area contributed by atoms with Crippen LogP contribution in [0.4, 0.5) is 0 Å². The second kappa shape index (κ2) is 7.02. The zero-order valence-corrected chi connectivity index (χ0v) is 12.7. The lowest BCUT2D eigenvalue weighted by Crippen LogP contribution is -2.60. The molecule has 1 aromatic rings. The quantitative estimate of drug-likeness (QED) is 0.726. The highest BCUT2D eigenvalue weighted by Crippen LogP contribution is 2.33. The molecule has 19 heavy (non-hydrogen) atoms. The Morgan fingerprint density at radius 1 is 1.37 bits per heavy atom. The fraction of sp³-hybridized carbons (Fsp3) is 0.538. The predicted octanol–water partition coefficient (Wildman–Crippen LogP) is 1.04. The zero-order chi connectivity index (χ0) is 14.7. The van der Waals surface area contributed by atoms with Crippen molar-refractivity contribution in [3.8, 4) is 0 Å². The van der Waals surface area contributed by atoms with E-state index in [0.717, 1.165) is 4.90 Å². The van der Waals surface area contributed by atoms with Crippen molar-refractivity contribution in [2.75, 3.05) is 6.29 Å². The van der Waals surface area contributed by atoms with Gasteiger partial charge >= 0.3 is 0 Å². The highest BCUT2D eigenvalue weighted by atomic mass is 32.2. The minimum absolute atomic E-state index is 0.373. The Bertz CT molecular complexity index is 427. The van der Waals surface area contributed by atoms with Crippen LogP contribution in [0.15, 0.2) is 35.2 Å². The van der Waals surface area contributed by atoms with Crippen molar-refractivity contribution in [2.24, 2.45) is 0 Å². The molecule has 1 aromatic carbocycles. The summed E-state index contributed by atoms with van der Waals surface area (Å²) in [6.45, 7) is 1.73. The van der Waals surface area contributed by atoms with E-state index in [4.69, 9.17) is 6.15 Å². The van der Waals surface area contributed by atoms with Gasteiger partial charge in [-0.2, -0.15) is 0 Å². The topological polar surface area (TPSA) is 61.7 Å². The van der Waals surface area contributed by atoms with E-state index in [2.05, 4.69) is 9.24 Å². The second-order valence-corrected chi connectivity index (χ2v) is 6.01. The lowest BCUT2D eigenvalue weighted by molar-refractivity contribution is -0.153. The first kappa shape index (κ1) is 13.8. The zero-order valence-electron chi connectivity index (χ0n) is 11.7. The largest absolute Gasteiger partial charge is 0.389 e. The maximum atomic E-state index is 10.2. The third kappa shape index (κ3) is 3.69. The van der Waals surface area contributed by atoms with Gasteiger partial charge in [0.25, 0.3) is 0 Å². The fourth-order valence-corrected chi connectivity index (χ4v) is 3.50. The Labute approximate surface area is 121 Å². The molecule has 1 aliphatic rings. The van der Waals surface area contributed by atoms with Gasteiger partial charge in [0.05, 0.1) is 12.1 Å². The first-order valence-corrected chi connectivity index (χ1v) is 7.93. The Hall–Kier alpha value is -0.160. The SMILES string of the molecule is [3H]N(CP)C1[C@@H](O)[C@@H](O)C(C)O[C@H]1Sc1ccccc1. The van der Waals surface area contributed by atoms with Crippen molar-refractivity contribution >= 4 is 21.0 Å². The van der Waals surface area contributed by atoms with Crippen molar-refractivity contribution in [2.45, 2.75) is 41.6 Å². The predicted molar refractivity (Wildman–Crippen MR) is 80.1 cm³/mol. The van der Waals surface area contributed by atoms with Crippen LogP contribution in [0.1, 0.15) is 6.92 Å². The smallest absolute Gasteiger partial charge is 0.126 e. The maximum Gasteiger partial charge on any atom is 0.126 e. The Morgan fingerprint density at radius 3 is 2.68 bits per heavy atom. The minimum Gasteiger partial charge on any atom is -0.389 e. The number of hydrogen-bond acceptors (Lipinski definition) is 5. The molecule has 6 heteroatoms. The van der Waals surface area contributed by atoms with E-state index in [9.17, 15) is 10.2 Å². The summed E-state index contributed by atoms with van der Waals surface area (Å²) in [5, 5.41) is 21.4. The van der Waals surface area contributed by atoms with Crippen LogP contribution in [0, 0.1) is 0 Å². The van der Waals surface area contributed by atoms with Crippen LogP contribution < -0.4 is 5.31 Å². The Balaban J connectivity index is 2.18. The van der Waals surface area contributed by atoms with Gasteiger partial charge in [0.1, 0.15) is 19.1 Å². The lowest BCUT2D eigenvalue weighted by atomic mass is 9.99. The van der Waals surface area contributed by atoms with Crippen molar-refractivity contribution in [1.82, 2.24) is 5.31 Å². The fourth-order valence-electron chi connectivity index (χ4n) is 2.06. The van der Waals surface area contributed by atoms with E-state index in [1.54, 1.807) is 6.92 Å². The van der Waals surface area contributed by atoms with Gasteiger partial charge in [-0.05, 0) is 19.1 Å². The molecular formula is C13H20NO3PS. The third-order valence-corrected chi connectivity index (χ3v) is 4.50. The number of benzene rings is 1. The van der Waals surface area contributed by atoms with Crippen LogP contribution >= 0.6 is 21.0 Å². The molecule has 3 N–H and O–H groups in total. The molecular weight excluding hydrogens is 281 g/mol. The number of rotatable bonds is 4. The van der Waals surface area contributed by atoms with E-state index in [-0.39, 0.29) is 0 Å². The van der Waals surface area contributed by atoms with E-state index in [1.165, 1.54) is 17.1 Å². The van der Waals surface area contributed by atoms with E-state index >= 15 is 0 Å². The summed E-state index contributed by atoms with van der Waals surface area (Å²) in [7, 11) is 2.45. The van der Waals surface area contributed by atoms with Gasteiger partial charge < -0.3 is 20.3 Å². The first-order valence-electron chi connectivity index (χ1n) is 6.68. The third-order valence-electron chi connectivity index (χ3n) is 3.12. The molecule has 0 spiro atoms. The summed E-state index contributed by atoms with van der Waals surface area (Å²) in [5.74, 6) is 0. The summed E-state index contributed by atoms with van der Waals surface area (Å²) in [6.07, 6.45) is -2.06. The van der Waals surface area contributed by atoms with E-state index in [1.807, 2.05) is 30.3 Å². The van der Waals surface area contributed by atoms with Gasteiger partial charge in [-0.25, -0.2) is 0 Å². The monoisotopic (exact) mass is 303 g/mol. The molecule has 0 bridgehead atoms. The van der Waals surface area contributed by atoms with Crippen molar-refractivity contribution < 1.29 is 16.4 Å². The molecule has 0 amide bonds. The van der Waals surface area contributed by atoms with Gasteiger partial charge in [0, 0.05) is 11.2 Å². The first-order chi connectivity index (χ1) is 9.54. The molecule has 1 aliphatic heterocycles. The minimum atomic E-state index is -1.00. The molecule has 1 heterocycles. The Kier molecular flexibility index (Phi) is 5.10. The molecule has 0 radical (unpaired) electrons. The van der Waals surface area contributed by atoms with Crippen LogP contribution in [0.25, 0.3) is 0 Å². The van der Waals surface area contributed by atoms with Crippen LogP contribution in [-0.2, 0) is 4.74 Å². The summed E-state index contributed by atoms with van der Waals surface area (Å²) < 4.78 is 13.7. The highest BCUT2D eigenvalue weighted by molar-refractivity contribution is 7.99. The molecule has 6 atom stereocenters. The highest BCUT2D eigenvalue weighted by Gasteiger charge is 2.42.